The molecule has 1 aromatic heterocycles. The van der Waals surface area contributed by atoms with E-state index in [4.69, 9.17) is 16.3 Å². The van der Waals surface area contributed by atoms with Gasteiger partial charge in [0.25, 0.3) is 0 Å². The SMILES string of the molecule is CCC(CC)N(CCOC)c1ncc(F)cc1CCl. The van der Waals surface area contributed by atoms with E-state index in [1.165, 1.54) is 12.3 Å². The van der Waals surface area contributed by atoms with Crippen LogP contribution < -0.4 is 4.90 Å². The van der Waals surface area contributed by atoms with Crippen LogP contribution in [0.15, 0.2) is 12.3 Å². The van der Waals surface area contributed by atoms with Gasteiger partial charge in [0.15, 0.2) is 0 Å². The first-order valence-corrected chi connectivity index (χ1v) is 7.17. The van der Waals surface area contributed by atoms with Gasteiger partial charge in [0.05, 0.1) is 18.7 Å². The molecule has 0 N–H and O–H groups in total. The molecule has 0 unspecified atom stereocenters. The summed E-state index contributed by atoms with van der Waals surface area (Å²) in [6.07, 6.45) is 3.25. The molecular formula is C14H22ClFN2O. The maximum Gasteiger partial charge on any atom is 0.141 e. The zero-order valence-corrected chi connectivity index (χ0v) is 12.6. The molecule has 1 heterocycles. The maximum atomic E-state index is 13.3. The van der Waals surface area contributed by atoms with Crippen LogP contribution in [0, 0.1) is 5.82 Å². The van der Waals surface area contributed by atoms with Crippen molar-refractivity contribution in [3.63, 3.8) is 0 Å². The minimum atomic E-state index is -0.351. The number of ether oxygens (including phenoxy) is 1. The topological polar surface area (TPSA) is 25.4 Å². The monoisotopic (exact) mass is 288 g/mol. The molecule has 0 radical (unpaired) electrons. The molecule has 1 aromatic rings. The van der Waals surface area contributed by atoms with Gasteiger partial charge in [-0.3, -0.25) is 0 Å². The Morgan fingerprint density at radius 1 is 1.42 bits per heavy atom. The standard InChI is InChI=1S/C14H22ClFN2O/c1-4-13(5-2)18(6-7-19-3)14-11(9-15)8-12(16)10-17-14/h8,10,13H,4-7,9H2,1-3H3. The number of alkyl halides is 1. The summed E-state index contributed by atoms with van der Waals surface area (Å²) in [4.78, 5) is 6.40. The van der Waals surface area contributed by atoms with Crippen molar-refractivity contribution < 1.29 is 9.13 Å². The Morgan fingerprint density at radius 3 is 2.63 bits per heavy atom. The summed E-state index contributed by atoms with van der Waals surface area (Å²) in [5, 5.41) is 0. The quantitative estimate of drug-likeness (QED) is 0.684. The highest BCUT2D eigenvalue weighted by atomic mass is 35.5. The Balaban J connectivity index is 3.08. The lowest BCUT2D eigenvalue weighted by Crippen LogP contribution is -2.38. The van der Waals surface area contributed by atoms with Gasteiger partial charge in [-0.25, -0.2) is 9.37 Å². The third kappa shape index (κ3) is 4.32. The van der Waals surface area contributed by atoms with Gasteiger partial charge in [0, 0.05) is 25.3 Å². The van der Waals surface area contributed by atoms with E-state index >= 15 is 0 Å². The van der Waals surface area contributed by atoms with Gasteiger partial charge >= 0.3 is 0 Å². The number of aromatic nitrogens is 1. The lowest BCUT2D eigenvalue weighted by molar-refractivity contribution is 0.202. The Kier molecular flexibility index (Phi) is 7.10. The molecule has 0 bridgehead atoms. The third-order valence-corrected chi connectivity index (χ3v) is 3.53. The van der Waals surface area contributed by atoms with Crippen LogP contribution in [0.5, 0.6) is 0 Å². The van der Waals surface area contributed by atoms with Crippen molar-refractivity contribution in [2.24, 2.45) is 0 Å². The molecular weight excluding hydrogens is 267 g/mol. The van der Waals surface area contributed by atoms with E-state index in [1.807, 2.05) is 0 Å². The number of hydrogen-bond donors (Lipinski definition) is 0. The average Bonchev–Trinajstić information content (AvgIpc) is 2.43. The molecule has 5 heteroatoms. The van der Waals surface area contributed by atoms with Gasteiger partial charge in [-0.2, -0.15) is 0 Å². The number of halogens is 2. The molecule has 0 spiro atoms. The van der Waals surface area contributed by atoms with Crippen LogP contribution in [0.1, 0.15) is 32.3 Å². The molecule has 0 aliphatic heterocycles. The van der Waals surface area contributed by atoms with Crippen molar-refractivity contribution in [3.8, 4) is 0 Å². The number of hydrogen-bond acceptors (Lipinski definition) is 3. The van der Waals surface area contributed by atoms with Crippen LogP contribution in [-0.4, -0.2) is 31.3 Å². The lowest BCUT2D eigenvalue weighted by atomic mass is 10.1. The van der Waals surface area contributed by atoms with Crippen molar-refractivity contribution in [1.29, 1.82) is 0 Å². The van der Waals surface area contributed by atoms with Crippen molar-refractivity contribution in [3.05, 3.63) is 23.6 Å². The predicted octanol–water partition coefficient (Wildman–Crippen LogP) is 3.60. The third-order valence-electron chi connectivity index (χ3n) is 3.25. The normalized spacial score (nSPS) is 11.1. The molecule has 1 rings (SSSR count). The second-order valence-electron chi connectivity index (χ2n) is 4.43. The molecule has 108 valence electrons. The van der Waals surface area contributed by atoms with Gasteiger partial charge in [-0.15, -0.1) is 11.6 Å². The smallest absolute Gasteiger partial charge is 0.141 e. The molecule has 19 heavy (non-hydrogen) atoms. The fourth-order valence-corrected chi connectivity index (χ4v) is 2.41. The van der Waals surface area contributed by atoms with Gasteiger partial charge in [0.2, 0.25) is 0 Å². The molecule has 0 fully saturated rings. The zero-order valence-electron chi connectivity index (χ0n) is 11.8. The summed E-state index contributed by atoms with van der Waals surface area (Å²) in [5.41, 5.74) is 0.727. The van der Waals surface area contributed by atoms with Gasteiger partial charge in [-0.05, 0) is 18.9 Å². The Labute approximate surface area is 119 Å². The Hall–Kier alpha value is -0.870. The van der Waals surface area contributed by atoms with E-state index in [0.29, 0.717) is 12.6 Å². The number of methoxy groups -OCH3 is 1. The summed E-state index contributed by atoms with van der Waals surface area (Å²) >= 11 is 5.91. The van der Waals surface area contributed by atoms with Crippen LogP contribution >= 0.6 is 11.6 Å². The van der Waals surface area contributed by atoms with E-state index in [1.54, 1.807) is 7.11 Å². The first kappa shape index (κ1) is 16.2. The molecule has 0 amide bonds. The van der Waals surface area contributed by atoms with E-state index < -0.39 is 0 Å². The molecule has 0 atom stereocenters. The first-order valence-electron chi connectivity index (χ1n) is 6.63. The van der Waals surface area contributed by atoms with Crippen LogP contribution in [-0.2, 0) is 10.6 Å². The highest BCUT2D eigenvalue weighted by Crippen LogP contribution is 2.24. The highest BCUT2D eigenvalue weighted by Gasteiger charge is 2.19. The van der Waals surface area contributed by atoms with Gasteiger partial charge in [-0.1, -0.05) is 13.8 Å². The Bertz CT molecular complexity index is 386. The zero-order chi connectivity index (χ0) is 14.3. The summed E-state index contributed by atoms with van der Waals surface area (Å²) in [6.45, 7) is 5.61. The minimum absolute atomic E-state index is 0.254. The molecule has 0 aliphatic carbocycles. The summed E-state index contributed by atoms with van der Waals surface area (Å²) in [5.74, 6) is 0.668. The summed E-state index contributed by atoms with van der Waals surface area (Å²) in [7, 11) is 1.67. The first-order chi connectivity index (χ1) is 9.17. The minimum Gasteiger partial charge on any atom is -0.383 e. The van der Waals surface area contributed by atoms with E-state index in [9.17, 15) is 4.39 Å². The number of rotatable bonds is 8. The predicted molar refractivity (Wildman–Crippen MR) is 77.3 cm³/mol. The van der Waals surface area contributed by atoms with Crippen molar-refractivity contribution in [2.75, 3.05) is 25.2 Å². The fraction of sp³-hybridized carbons (Fsp3) is 0.643. The molecule has 0 saturated carbocycles. The molecule has 0 aliphatic rings. The lowest BCUT2D eigenvalue weighted by Gasteiger charge is -2.32. The summed E-state index contributed by atoms with van der Waals surface area (Å²) < 4.78 is 18.4. The van der Waals surface area contributed by atoms with Crippen LogP contribution in [0.4, 0.5) is 10.2 Å². The number of anilines is 1. The largest absolute Gasteiger partial charge is 0.383 e. The van der Waals surface area contributed by atoms with Crippen LogP contribution in [0.25, 0.3) is 0 Å². The summed E-state index contributed by atoms with van der Waals surface area (Å²) in [6, 6.07) is 1.81. The van der Waals surface area contributed by atoms with Gasteiger partial charge < -0.3 is 9.64 Å². The fourth-order valence-electron chi connectivity index (χ4n) is 2.21. The highest BCUT2D eigenvalue weighted by molar-refractivity contribution is 6.17. The van der Waals surface area contributed by atoms with Gasteiger partial charge in [0.1, 0.15) is 11.6 Å². The average molecular weight is 289 g/mol. The van der Waals surface area contributed by atoms with Crippen molar-refractivity contribution in [2.45, 2.75) is 38.6 Å². The number of nitrogens with zero attached hydrogens (tertiary/aromatic N) is 2. The van der Waals surface area contributed by atoms with Crippen LogP contribution in [0.3, 0.4) is 0 Å². The second kappa shape index (κ2) is 8.33. The van der Waals surface area contributed by atoms with E-state index in [2.05, 4.69) is 23.7 Å². The molecule has 0 saturated heterocycles. The van der Waals surface area contributed by atoms with Crippen molar-refractivity contribution >= 4 is 17.4 Å². The molecule has 0 aromatic carbocycles. The van der Waals surface area contributed by atoms with E-state index in [-0.39, 0.29) is 11.7 Å². The van der Waals surface area contributed by atoms with Crippen LogP contribution in [0.2, 0.25) is 0 Å². The second-order valence-corrected chi connectivity index (χ2v) is 4.69. The van der Waals surface area contributed by atoms with E-state index in [0.717, 1.165) is 30.8 Å². The Morgan fingerprint density at radius 2 is 2.11 bits per heavy atom. The molecule has 3 nitrogen and oxygen atoms in total. The maximum absolute atomic E-state index is 13.3. The van der Waals surface area contributed by atoms with Crippen molar-refractivity contribution in [1.82, 2.24) is 4.98 Å². The number of pyridine rings is 1.